The van der Waals surface area contributed by atoms with Gasteiger partial charge in [-0.05, 0) is 29.2 Å². The number of nitrogens with zero attached hydrogens (tertiary/aromatic N) is 1. The van der Waals surface area contributed by atoms with Crippen molar-refractivity contribution >= 4 is 17.5 Å². The Kier molecular flexibility index (Phi) is 5.93. The summed E-state index contributed by atoms with van der Waals surface area (Å²) in [7, 11) is 0. The second-order valence-electron chi connectivity index (χ2n) is 8.31. The lowest BCUT2D eigenvalue weighted by Gasteiger charge is -2.36. The maximum Gasteiger partial charge on any atom is 0.247 e. The van der Waals surface area contributed by atoms with Crippen LogP contribution in [0.15, 0.2) is 42.5 Å². The van der Waals surface area contributed by atoms with E-state index in [1.807, 2.05) is 50.2 Å². The highest BCUT2D eigenvalue weighted by molar-refractivity contribution is 5.98. The molecule has 0 fully saturated rings. The quantitative estimate of drug-likeness (QED) is 0.836. The highest BCUT2D eigenvalue weighted by Gasteiger charge is 2.34. The Balaban J connectivity index is 1.56. The van der Waals surface area contributed by atoms with E-state index >= 15 is 0 Å². The number of amides is 2. The van der Waals surface area contributed by atoms with Crippen LogP contribution in [0.3, 0.4) is 0 Å². The molecule has 0 radical (unpaired) electrons. The Morgan fingerprint density at radius 2 is 1.80 bits per heavy atom. The summed E-state index contributed by atoms with van der Waals surface area (Å²) in [5, 5.41) is 2.98. The van der Waals surface area contributed by atoms with Crippen molar-refractivity contribution in [3.05, 3.63) is 53.6 Å². The van der Waals surface area contributed by atoms with Gasteiger partial charge < -0.3 is 19.7 Å². The summed E-state index contributed by atoms with van der Waals surface area (Å²) < 4.78 is 11.4. The number of nitrogens with one attached hydrogen (secondary N) is 1. The van der Waals surface area contributed by atoms with E-state index in [1.165, 1.54) is 0 Å². The van der Waals surface area contributed by atoms with Crippen LogP contribution in [0.5, 0.6) is 11.5 Å². The molecule has 0 spiro atoms. The molecule has 2 heterocycles. The molecule has 1 atom stereocenters. The molecule has 0 bridgehead atoms. The zero-order valence-electron chi connectivity index (χ0n) is 17.5. The molecule has 6 nitrogen and oxygen atoms in total. The molecule has 1 N–H and O–H groups in total. The van der Waals surface area contributed by atoms with Crippen molar-refractivity contribution in [1.82, 2.24) is 4.90 Å². The van der Waals surface area contributed by atoms with Gasteiger partial charge in [0.05, 0.1) is 13.2 Å². The van der Waals surface area contributed by atoms with Crippen LogP contribution in [-0.4, -0.2) is 36.0 Å². The van der Waals surface area contributed by atoms with Gasteiger partial charge in [-0.25, -0.2) is 0 Å². The fourth-order valence-corrected chi connectivity index (χ4v) is 3.95. The van der Waals surface area contributed by atoms with Crippen molar-refractivity contribution in [2.75, 3.05) is 18.5 Å². The standard InChI is InChI=1S/C24H28N2O4/c1-16(2)12-23(27)26-15-18-7-4-3-6-17(18)13-20(26)24(28)25-19-8-9-21-22(14-19)30-11-5-10-29-21/h3-4,6-9,14,16,20H,5,10-13,15H2,1-2H3,(H,25,28). The molecule has 2 aromatic carbocycles. The van der Waals surface area contributed by atoms with Crippen LogP contribution in [0.1, 0.15) is 37.8 Å². The molecular weight excluding hydrogens is 380 g/mol. The summed E-state index contributed by atoms with van der Waals surface area (Å²) in [6.45, 7) is 5.70. The fourth-order valence-electron chi connectivity index (χ4n) is 3.95. The molecule has 4 rings (SSSR count). The van der Waals surface area contributed by atoms with Crippen LogP contribution in [0.2, 0.25) is 0 Å². The van der Waals surface area contributed by atoms with Gasteiger partial charge in [0.1, 0.15) is 6.04 Å². The van der Waals surface area contributed by atoms with E-state index in [4.69, 9.17) is 9.47 Å². The van der Waals surface area contributed by atoms with E-state index in [-0.39, 0.29) is 17.7 Å². The van der Waals surface area contributed by atoms with Crippen LogP contribution >= 0.6 is 0 Å². The minimum Gasteiger partial charge on any atom is -0.490 e. The first kappa shape index (κ1) is 20.3. The molecule has 6 heteroatoms. The van der Waals surface area contributed by atoms with Crippen LogP contribution in [-0.2, 0) is 22.6 Å². The third-order valence-corrected chi connectivity index (χ3v) is 5.47. The summed E-state index contributed by atoms with van der Waals surface area (Å²) >= 11 is 0. The third-order valence-electron chi connectivity index (χ3n) is 5.47. The zero-order chi connectivity index (χ0) is 21.1. The van der Waals surface area contributed by atoms with Gasteiger partial charge in [-0.1, -0.05) is 38.1 Å². The minimum absolute atomic E-state index is 0.0123. The van der Waals surface area contributed by atoms with Gasteiger partial charge in [-0.15, -0.1) is 0 Å². The average Bonchev–Trinajstić information content (AvgIpc) is 2.97. The Bertz CT molecular complexity index is 941. The second-order valence-corrected chi connectivity index (χ2v) is 8.31. The van der Waals surface area contributed by atoms with Crippen molar-refractivity contribution in [2.24, 2.45) is 5.92 Å². The Morgan fingerprint density at radius 3 is 2.57 bits per heavy atom. The molecule has 2 aliphatic heterocycles. The van der Waals surface area contributed by atoms with E-state index in [9.17, 15) is 9.59 Å². The number of anilines is 1. The highest BCUT2D eigenvalue weighted by Crippen LogP contribution is 2.33. The number of fused-ring (bicyclic) bond motifs is 2. The van der Waals surface area contributed by atoms with Gasteiger partial charge in [0.15, 0.2) is 11.5 Å². The topological polar surface area (TPSA) is 67.9 Å². The number of benzene rings is 2. The number of hydrogen-bond donors (Lipinski definition) is 1. The van der Waals surface area contributed by atoms with E-state index in [0.717, 1.165) is 17.5 Å². The molecule has 158 valence electrons. The molecule has 0 saturated heterocycles. The number of carbonyl (C=O) groups excluding carboxylic acids is 2. The average molecular weight is 408 g/mol. The van der Waals surface area contributed by atoms with E-state index in [1.54, 1.807) is 11.0 Å². The first-order valence-electron chi connectivity index (χ1n) is 10.6. The Labute approximate surface area is 177 Å². The van der Waals surface area contributed by atoms with E-state index in [2.05, 4.69) is 5.32 Å². The summed E-state index contributed by atoms with van der Waals surface area (Å²) in [6.07, 6.45) is 1.76. The molecule has 0 aromatic heterocycles. The zero-order valence-corrected chi connectivity index (χ0v) is 17.5. The molecule has 0 saturated carbocycles. The summed E-state index contributed by atoms with van der Waals surface area (Å²) in [5.74, 6) is 1.38. The summed E-state index contributed by atoms with van der Waals surface area (Å²) in [4.78, 5) is 27.9. The van der Waals surface area contributed by atoms with Gasteiger partial charge in [-0.2, -0.15) is 0 Å². The van der Waals surface area contributed by atoms with E-state index in [0.29, 0.717) is 49.8 Å². The molecule has 1 unspecified atom stereocenters. The van der Waals surface area contributed by atoms with Gasteiger partial charge in [0.25, 0.3) is 0 Å². The molecule has 0 aliphatic carbocycles. The van der Waals surface area contributed by atoms with Crippen LogP contribution in [0.4, 0.5) is 5.69 Å². The lowest BCUT2D eigenvalue weighted by atomic mass is 9.92. The van der Waals surface area contributed by atoms with Crippen molar-refractivity contribution in [1.29, 1.82) is 0 Å². The minimum atomic E-state index is -0.540. The van der Waals surface area contributed by atoms with Crippen molar-refractivity contribution in [3.63, 3.8) is 0 Å². The predicted octanol–water partition coefficient (Wildman–Crippen LogP) is 3.79. The number of rotatable bonds is 4. The van der Waals surface area contributed by atoms with Gasteiger partial charge in [-0.3, -0.25) is 9.59 Å². The van der Waals surface area contributed by atoms with Crippen molar-refractivity contribution in [3.8, 4) is 11.5 Å². The smallest absolute Gasteiger partial charge is 0.247 e. The molecule has 2 aromatic rings. The monoisotopic (exact) mass is 408 g/mol. The van der Waals surface area contributed by atoms with Crippen molar-refractivity contribution < 1.29 is 19.1 Å². The molecule has 2 amide bonds. The molecular formula is C24H28N2O4. The lowest BCUT2D eigenvalue weighted by Crippen LogP contribution is -2.50. The van der Waals surface area contributed by atoms with Crippen molar-refractivity contribution in [2.45, 2.75) is 45.7 Å². The summed E-state index contributed by atoms with van der Waals surface area (Å²) in [6, 6.07) is 12.9. The van der Waals surface area contributed by atoms with E-state index < -0.39 is 6.04 Å². The first-order chi connectivity index (χ1) is 14.5. The maximum atomic E-state index is 13.2. The number of hydrogen-bond acceptors (Lipinski definition) is 4. The van der Waals surface area contributed by atoms with Gasteiger partial charge in [0.2, 0.25) is 11.8 Å². The number of ether oxygens (including phenoxy) is 2. The van der Waals surface area contributed by atoms with Gasteiger partial charge in [0, 0.05) is 37.6 Å². The molecule has 2 aliphatic rings. The SMILES string of the molecule is CC(C)CC(=O)N1Cc2ccccc2CC1C(=O)Nc1ccc2c(c1)OCCCO2. The normalized spacial score (nSPS) is 17.8. The van der Waals surface area contributed by atoms with Crippen LogP contribution < -0.4 is 14.8 Å². The third kappa shape index (κ3) is 4.42. The maximum absolute atomic E-state index is 13.2. The van der Waals surface area contributed by atoms with Gasteiger partial charge >= 0.3 is 0 Å². The molecule has 30 heavy (non-hydrogen) atoms. The Hall–Kier alpha value is -3.02. The number of carbonyl (C=O) groups is 2. The second kappa shape index (κ2) is 8.78. The largest absolute Gasteiger partial charge is 0.490 e. The lowest BCUT2D eigenvalue weighted by molar-refractivity contribution is -0.140. The van der Waals surface area contributed by atoms with Crippen LogP contribution in [0, 0.1) is 5.92 Å². The Morgan fingerprint density at radius 1 is 1.07 bits per heavy atom. The summed E-state index contributed by atoms with van der Waals surface area (Å²) in [5.41, 5.74) is 2.86. The fraction of sp³-hybridized carbons (Fsp3) is 0.417. The van der Waals surface area contributed by atoms with Crippen LogP contribution in [0.25, 0.3) is 0 Å². The first-order valence-corrected chi connectivity index (χ1v) is 10.6. The predicted molar refractivity (Wildman–Crippen MR) is 115 cm³/mol. The highest BCUT2D eigenvalue weighted by atomic mass is 16.5.